The van der Waals surface area contributed by atoms with Crippen LogP contribution in [-0.4, -0.2) is 25.5 Å². The van der Waals surface area contributed by atoms with Crippen LogP contribution in [-0.2, 0) is 0 Å². The molecule has 2 amide bonds. The van der Waals surface area contributed by atoms with Crippen molar-refractivity contribution in [3.05, 3.63) is 72.3 Å². The maximum atomic E-state index is 12.3. The standard InChI is InChI=1S/C18H18N2O3/c1-3-12-19-18(22)15-6-4-5-7-16(15)20-17(21)13-8-10-14(23-2)11-9-13/h3-11H,1,12H2,2H3,(H,19,22)(H,20,21). The molecule has 2 N–H and O–H groups in total. The Morgan fingerprint density at radius 2 is 1.78 bits per heavy atom. The van der Waals surface area contributed by atoms with Gasteiger partial charge in [0.05, 0.1) is 18.4 Å². The first-order valence-electron chi connectivity index (χ1n) is 7.09. The van der Waals surface area contributed by atoms with Gasteiger partial charge in [-0.05, 0) is 36.4 Å². The van der Waals surface area contributed by atoms with E-state index in [0.717, 1.165) is 0 Å². The smallest absolute Gasteiger partial charge is 0.255 e. The van der Waals surface area contributed by atoms with Crippen LogP contribution in [0.4, 0.5) is 5.69 Å². The number of amides is 2. The Hall–Kier alpha value is -3.08. The zero-order valence-corrected chi connectivity index (χ0v) is 12.8. The van der Waals surface area contributed by atoms with Gasteiger partial charge in [0.1, 0.15) is 5.75 Å². The average molecular weight is 310 g/mol. The highest BCUT2D eigenvalue weighted by atomic mass is 16.5. The second kappa shape index (κ2) is 7.79. The third-order valence-corrected chi connectivity index (χ3v) is 3.18. The van der Waals surface area contributed by atoms with Crippen molar-refractivity contribution >= 4 is 17.5 Å². The number of ether oxygens (including phenoxy) is 1. The van der Waals surface area contributed by atoms with Crippen LogP contribution in [0.3, 0.4) is 0 Å². The van der Waals surface area contributed by atoms with Crippen molar-refractivity contribution in [1.29, 1.82) is 0 Å². The van der Waals surface area contributed by atoms with Crippen molar-refractivity contribution < 1.29 is 14.3 Å². The van der Waals surface area contributed by atoms with E-state index in [1.807, 2.05) is 0 Å². The van der Waals surface area contributed by atoms with E-state index in [1.54, 1.807) is 61.7 Å². The lowest BCUT2D eigenvalue weighted by atomic mass is 10.1. The third kappa shape index (κ3) is 4.20. The highest BCUT2D eigenvalue weighted by molar-refractivity contribution is 6.09. The monoisotopic (exact) mass is 310 g/mol. The molecular formula is C18H18N2O3. The molecule has 0 saturated carbocycles. The Bertz CT molecular complexity index is 708. The zero-order chi connectivity index (χ0) is 16.7. The van der Waals surface area contributed by atoms with Gasteiger partial charge in [0.25, 0.3) is 11.8 Å². The number of carbonyl (C=O) groups excluding carboxylic acids is 2. The quantitative estimate of drug-likeness (QED) is 0.806. The summed E-state index contributed by atoms with van der Waals surface area (Å²) >= 11 is 0. The SMILES string of the molecule is C=CCNC(=O)c1ccccc1NC(=O)c1ccc(OC)cc1. The fourth-order valence-corrected chi connectivity index (χ4v) is 1.99. The molecule has 5 heteroatoms. The maximum absolute atomic E-state index is 12.3. The molecule has 0 radical (unpaired) electrons. The number of anilines is 1. The van der Waals surface area contributed by atoms with Crippen LogP contribution in [0.5, 0.6) is 5.75 Å². The van der Waals surface area contributed by atoms with Gasteiger partial charge in [-0.2, -0.15) is 0 Å². The predicted octanol–water partition coefficient (Wildman–Crippen LogP) is 2.86. The molecular weight excluding hydrogens is 292 g/mol. The molecule has 0 aliphatic rings. The molecule has 2 aromatic rings. The molecule has 2 rings (SSSR count). The van der Waals surface area contributed by atoms with E-state index in [2.05, 4.69) is 17.2 Å². The maximum Gasteiger partial charge on any atom is 0.255 e. The van der Waals surface area contributed by atoms with Gasteiger partial charge in [-0.1, -0.05) is 18.2 Å². The third-order valence-electron chi connectivity index (χ3n) is 3.18. The molecule has 0 aliphatic carbocycles. The van der Waals surface area contributed by atoms with E-state index in [9.17, 15) is 9.59 Å². The molecule has 23 heavy (non-hydrogen) atoms. The molecule has 118 valence electrons. The van der Waals surface area contributed by atoms with Crippen LogP contribution in [0.25, 0.3) is 0 Å². The summed E-state index contributed by atoms with van der Waals surface area (Å²) in [7, 11) is 1.56. The van der Waals surface area contributed by atoms with E-state index >= 15 is 0 Å². The van der Waals surface area contributed by atoms with Gasteiger partial charge >= 0.3 is 0 Å². The van der Waals surface area contributed by atoms with Gasteiger partial charge in [0.15, 0.2) is 0 Å². The number of benzene rings is 2. The molecule has 0 unspecified atom stereocenters. The van der Waals surface area contributed by atoms with Crippen LogP contribution in [0.2, 0.25) is 0 Å². The lowest BCUT2D eigenvalue weighted by Gasteiger charge is -2.11. The first-order chi connectivity index (χ1) is 11.2. The van der Waals surface area contributed by atoms with E-state index in [-0.39, 0.29) is 11.8 Å². The molecule has 0 heterocycles. The number of rotatable bonds is 6. The topological polar surface area (TPSA) is 67.4 Å². The number of hydrogen-bond acceptors (Lipinski definition) is 3. The molecule has 0 aliphatic heterocycles. The van der Waals surface area contributed by atoms with Gasteiger partial charge in [0, 0.05) is 12.1 Å². The van der Waals surface area contributed by atoms with Crippen molar-refractivity contribution in [3.8, 4) is 5.75 Å². The second-order valence-electron chi connectivity index (χ2n) is 4.73. The molecule has 0 saturated heterocycles. The van der Waals surface area contributed by atoms with Gasteiger partial charge in [-0.25, -0.2) is 0 Å². The van der Waals surface area contributed by atoms with Crippen molar-refractivity contribution in [2.45, 2.75) is 0 Å². The predicted molar refractivity (Wildman–Crippen MR) is 89.9 cm³/mol. The second-order valence-corrected chi connectivity index (χ2v) is 4.73. The van der Waals surface area contributed by atoms with Crippen LogP contribution in [0.1, 0.15) is 20.7 Å². The Morgan fingerprint density at radius 1 is 1.09 bits per heavy atom. The summed E-state index contributed by atoms with van der Waals surface area (Å²) in [6, 6.07) is 13.6. The summed E-state index contributed by atoms with van der Waals surface area (Å²) < 4.78 is 5.06. The Balaban J connectivity index is 2.17. The highest BCUT2D eigenvalue weighted by Gasteiger charge is 2.13. The Labute approximate surface area is 135 Å². The minimum atomic E-state index is -0.295. The average Bonchev–Trinajstić information content (AvgIpc) is 2.60. The summed E-state index contributed by atoms with van der Waals surface area (Å²) in [6.07, 6.45) is 1.59. The van der Waals surface area contributed by atoms with E-state index in [0.29, 0.717) is 29.1 Å². The van der Waals surface area contributed by atoms with Gasteiger partial charge in [0.2, 0.25) is 0 Å². The van der Waals surface area contributed by atoms with E-state index in [1.165, 1.54) is 0 Å². The minimum Gasteiger partial charge on any atom is -0.497 e. The van der Waals surface area contributed by atoms with Crippen LogP contribution in [0.15, 0.2) is 61.2 Å². The molecule has 0 aromatic heterocycles. The van der Waals surface area contributed by atoms with Gasteiger partial charge in [-0.15, -0.1) is 6.58 Å². The lowest BCUT2D eigenvalue weighted by molar-refractivity contribution is 0.0959. The van der Waals surface area contributed by atoms with Gasteiger partial charge in [-0.3, -0.25) is 9.59 Å². The first-order valence-corrected chi connectivity index (χ1v) is 7.09. The van der Waals surface area contributed by atoms with Crippen molar-refractivity contribution in [3.63, 3.8) is 0 Å². The molecule has 0 bridgehead atoms. The normalized spacial score (nSPS) is 9.78. The van der Waals surface area contributed by atoms with Crippen LogP contribution < -0.4 is 15.4 Å². The number of carbonyl (C=O) groups is 2. The summed E-state index contributed by atoms with van der Waals surface area (Å²) in [5.41, 5.74) is 1.33. The summed E-state index contributed by atoms with van der Waals surface area (Å²) in [5, 5.41) is 5.45. The van der Waals surface area contributed by atoms with Crippen LogP contribution in [0, 0.1) is 0 Å². The van der Waals surface area contributed by atoms with Crippen LogP contribution >= 0.6 is 0 Å². The zero-order valence-electron chi connectivity index (χ0n) is 12.8. The fourth-order valence-electron chi connectivity index (χ4n) is 1.99. The summed E-state index contributed by atoms with van der Waals surface area (Å²) in [6.45, 7) is 3.92. The Kier molecular flexibility index (Phi) is 5.52. The largest absolute Gasteiger partial charge is 0.497 e. The molecule has 2 aromatic carbocycles. The van der Waals surface area contributed by atoms with E-state index in [4.69, 9.17) is 4.74 Å². The molecule has 0 fully saturated rings. The first kappa shape index (κ1) is 16.3. The molecule has 0 spiro atoms. The molecule has 0 atom stereocenters. The molecule has 5 nitrogen and oxygen atoms in total. The van der Waals surface area contributed by atoms with Crippen molar-refractivity contribution in [2.75, 3.05) is 19.0 Å². The number of nitrogens with one attached hydrogen (secondary N) is 2. The number of para-hydroxylation sites is 1. The minimum absolute atomic E-state index is 0.268. The lowest BCUT2D eigenvalue weighted by Crippen LogP contribution is -2.25. The highest BCUT2D eigenvalue weighted by Crippen LogP contribution is 2.17. The fraction of sp³-hybridized carbons (Fsp3) is 0.111. The van der Waals surface area contributed by atoms with Crippen molar-refractivity contribution in [2.24, 2.45) is 0 Å². The van der Waals surface area contributed by atoms with Crippen molar-refractivity contribution in [1.82, 2.24) is 5.32 Å². The summed E-state index contributed by atoms with van der Waals surface area (Å²) in [5.74, 6) is 0.109. The van der Waals surface area contributed by atoms with Gasteiger partial charge < -0.3 is 15.4 Å². The Morgan fingerprint density at radius 3 is 2.43 bits per heavy atom. The van der Waals surface area contributed by atoms with E-state index < -0.39 is 0 Å². The summed E-state index contributed by atoms with van der Waals surface area (Å²) in [4.78, 5) is 24.4. The number of methoxy groups -OCH3 is 1. The number of hydrogen-bond donors (Lipinski definition) is 2.